The number of imidazole rings is 1. The topological polar surface area (TPSA) is 101 Å². The summed E-state index contributed by atoms with van der Waals surface area (Å²) >= 11 is 5.40. The predicted octanol–water partition coefficient (Wildman–Crippen LogP) is 4.76. The fourth-order valence-electron chi connectivity index (χ4n) is 2.99. The zero-order chi connectivity index (χ0) is 24.5. The van der Waals surface area contributed by atoms with Crippen LogP contribution < -0.4 is 5.32 Å². The lowest BCUT2D eigenvalue weighted by atomic mass is 10.1. The van der Waals surface area contributed by atoms with E-state index in [-0.39, 0.29) is 24.8 Å². The van der Waals surface area contributed by atoms with Crippen LogP contribution >= 0.6 is 19.8 Å². The number of hydrogen-bond donors (Lipinski definition) is 1. The van der Waals surface area contributed by atoms with Gasteiger partial charge >= 0.3 is 13.7 Å². The van der Waals surface area contributed by atoms with Gasteiger partial charge in [-0.3, -0.25) is 9.13 Å². The van der Waals surface area contributed by atoms with E-state index in [4.69, 9.17) is 30.7 Å². The van der Waals surface area contributed by atoms with Gasteiger partial charge in [0.2, 0.25) is 5.85 Å². The molecule has 0 spiro atoms. The molecule has 1 N–H and O–H groups in total. The molecule has 0 radical (unpaired) electrons. The summed E-state index contributed by atoms with van der Waals surface area (Å²) in [6.07, 6.45) is 4.17. The molecular formula is C22H32N3O6PS. The normalized spacial score (nSPS) is 13.7. The SMILES string of the molecule is CCOP(=O)(OCC)[C@H](OC(=S)n1ccnc1)[C@H](Cc1ccccc1)NC(=O)OC(C)(C)C. The van der Waals surface area contributed by atoms with E-state index in [2.05, 4.69) is 10.3 Å². The minimum Gasteiger partial charge on any atom is -0.452 e. The first-order valence-corrected chi connectivity index (χ1v) is 12.7. The maximum absolute atomic E-state index is 13.9. The molecule has 9 nitrogen and oxygen atoms in total. The summed E-state index contributed by atoms with van der Waals surface area (Å²) in [6.45, 7) is 8.89. The number of amides is 1. The Labute approximate surface area is 200 Å². The molecule has 1 aromatic heterocycles. The Morgan fingerprint density at radius 1 is 1.18 bits per heavy atom. The molecule has 1 amide bonds. The second-order valence-electron chi connectivity index (χ2n) is 8.06. The Morgan fingerprint density at radius 2 is 1.82 bits per heavy atom. The number of nitrogens with one attached hydrogen (secondary N) is 1. The Morgan fingerprint density at radius 3 is 2.33 bits per heavy atom. The molecule has 1 heterocycles. The average Bonchev–Trinajstić information content (AvgIpc) is 3.26. The Kier molecular flexibility index (Phi) is 10.0. The first-order valence-electron chi connectivity index (χ1n) is 10.7. The van der Waals surface area contributed by atoms with Crippen molar-refractivity contribution >= 4 is 31.1 Å². The van der Waals surface area contributed by atoms with Gasteiger partial charge in [-0.05, 0) is 58.8 Å². The molecule has 0 aliphatic carbocycles. The first kappa shape index (κ1) is 27.0. The molecule has 0 aliphatic heterocycles. The second kappa shape index (κ2) is 12.3. The third-order valence-corrected chi connectivity index (χ3v) is 6.84. The van der Waals surface area contributed by atoms with Crippen molar-refractivity contribution in [2.75, 3.05) is 13.2 Å². The molecule has 11 heteroatoms. The number of alkyl carbamates (subject to hydrolysis) is 1. The molecule has 33 heavy (non-hydrogen) atoms. The van der Waals surface area contributed by atoms with Gasteiger partial charge in [0.15, 0.2) is 0 Å². The lowest BCUT2D eigenvalue weighted by Crippen LogP contribution is -2.48. The van der Waals surface area contributed by atoms with E-state index < -0.39 is 31.2 Å². The van der Waals surface area contributed by atoms with Gasteiger partial charge in [0.25, 0.3) is 5.17 Å². The minimum atomic E-state index is -3.90. The van der Waals surface area contributed by atoms with Crippen LogP contribution in [0.25, 0.3) is 0 Å². The zero-order valence-corrected chi connectivity index (χ0v) is 21.3. The summed E-state index contributed by atoms with van der Waals surface area (Å²) in [4.78, 5) is 16.7. The van der Waals surface area contributed by atoms with Gasteiger partial charge < -0.3 is 23.8 Å². The van der Waals surface area contributed by atoms with Crippen molar-refractivity contribution in [3.63, 3.8) is 0 Å². The lowest BCUT2D eigenvalue weighted by molar-refractivity contribution is 0.0457. The average molecular weight is 498 g/mol. The Bertz CT molecular complexity index is 923. The molecule has 1 aromatic carbocycles. The number of ether oxygens (including phenoxy) is 2. The molecule has 0 saturated heterocycles. The molecule has 0 unspecified atom stereocenters. The van der Waals surface area contributed by atoms with Crippen LogP contribution in [-0.4, -0.2) is 51.5 Å². The largest absolute Gasteiger partial charge is 0.452 e. The van der Waals surface area contributed by atoms with Crippen LogP contribution in [0.5, 0.6) is 0 Å². The van der Waals surface area contributed by atoms with Gasteiger partial charge in [-0.25, -0.2) is 9.78 Å². The molecule has 0 aliphatic rings. The van der Waals surface area contributed by atoms with Gasteiger partial charge in [0.05, 0.1) is 19.3 Å². The van der Waals surface area contributed by atoms with Gasteiger partial charge in [-0.15, -0.1) is 0 Å². The summed E-state index contributed by atoms with van der Waals surface area (Å²) in [5, 5.41) is 2.78. The van der Waals surface area contributed by atoms with Crippen LogP contribution in [-0.2, 0) is 29.5 Å². The van der Waals surface area contributed by atoms with E-state index in [1.807, 2.05) is 30.3 Å². The first-order chi connectivity index (χ1) is 15.6. The fraction of sp³-hybridized carbons (Fsp3) is 0.500. The van der Waals surface area contributed by atoms with Crippen LogP contribution in [0.3, 0.4) is 0 Å². The monoisotopic (exact) mass is 497 g/mol. The van der Waals surface area contributed by atoms with Gasteiger partial charge in [0.1, 0.15) is 11.9 Å². The second-order valence-corrected chi connectivity index (χ2v) is 10.5. The van der Waals surface area contributed by atoms with E-state index in [1.54, 1.807) is 40.8 Å². The number of hydrogen-bond acceptors (Lipinski definition) is 8. The smallest absolute Gasteiger partial charge is 0.408 e. The maximum atomic E-state index is 13.9. The minimum absolute atomic E-state index is 0.0128. The lowest BCUT2D eigenvalue weighted by Gasteiger charge is -2.33. The highest BCUT2D eigenvalue weighted by atomic mass is 32.1. The van der Waals surface area contributed by atoms with E-state index in [0.29, 0.717) is 0 Å². The molecule has 2 rings (SSSR count). The van der Waals surface area contributed by atoms with Crippen molar-refractivity contribution in [3.8, 4) is 0 Å². The Balaban J connectivity index is 2.46. The fourth-order valence-corrected chi connectivity index (χ4v) is 5.21. The number of thiocarbonyl (C=S) groups is 1. The van der Waals surface area contributed by atoms with Crippen LogP contribution in [0.4, 0.5) is 4.79 Å². The van der Waals surface area contributed by atoms with E-state index in [9.17, 15) is 9.36 Å². The van der Waals surface area contributed by atoms with Gasteiger partial charge in [-0.2, -0.15) is 0 Å². The molecule has 0 fully saturated rings. The molecule has 0 bridgehead atoms. The van der Waals surface area contributed by atoms with E-state index in [0.717, 1.165) is 5.56 Å². The number of benzene rings is 1. The number of nitrogens with zero attached hydrogens (tertiary/aromatic N) is 2. The van der Waals surface area contributed by atoms with Crippen LogP contribution in [0.2, 0.25) is 0 Å². The van der Waals surface area contributed by atoms with E-state index >= 15 is 0 Å². The number of carbonyl (C=O) groups is 1. The van der Waals surface area contributed by atoms with Crippen LogP contribution in [0, 0.1) is 0 Å². The van der Waals surface area contributed by atoms with E-state index in [1.165, 1.54) is 17.1 Å². The summed E-state index contributed by atoms with van der Waals surface area (Å²) in [7, 11) is -3.90. The summed E-state index contributed by atoms with van der Waals surface area (Å²) in [5.74, 6) is -1.25. The predicted molar refractivity (Wildman–Crippen MR) is 129 cm³/mol. The van der Waals surface area contributed by atoms with Crippen molar-refractivity contribution in [2.24, 2.45) is 0 Å². The van der Waals surface area contributed by atoms with Crippen LogP contribution in [0.15, 0.2) is 49.1 Å². The molecule has 2 atom stereocenters. The number of aromatic nitrogens is 2. The zero-order valence-electron chi connectivity index (χ0n) is 19.6. The molecule has 0 saturated carbocycles. The highest BCUT2D eigenvalue weighted by Gasteiger charge is 2.45. The third kappa shape index (κ3) is 8.55. The summed E-state index contributed by atoms with van der Waals surface area (Å²) in [6, 6.07) is 8.55. The van der Waals surface area contributed by atoms with Crippen molar-refractivity contribution < 1.29 is 27.9 Å². The van der Waals surface area contributed by atoms with Gasteiger partial charge in [0, 0.05) is 12.4 Å². The van der Waals surface area contributed by atoms with Crippen molar-refractivity contribution in [1.29, 1.82) is 0 Å². The number of rotatable bonds is 10. The highest BCUT2D eigenvalue weighted by Crippen LogP contribution is 2.55. The molecule has 182 valence electrons. The number of carbonyl (C=O) groups excluding carboxylic acids is 1. The van der Waals surface area contributed by atoms with Crippen LogP contribution in [0.1, 0.15) is 40.2 Å². The van der Waals surface area contributed by atoms with Crippen molar-refractivity contribution in [2.45, 2.75) is 58.5 Å². The summed E-state index contributed by atoms with van der Waals surface area (Å²) in [5.41, 5.74) is 0.146. The van der Waals surface area contributed by atoms with Crippen molar-refractivity contribution in [1.82, 2.24) is 14.9 Å². The van der Waals surface area contributed by atoms with Gasteiger partial charge in [-0.1, -0.05) is 30.3 Å². The van der Waals surface area contributed by atoms with Crippen molar-refractivity contribution in [3.05, 3.63) is 54.6 Å². The maximum Gasteiger partial charge on any atom is 0.408 e. The standard InChI is InChI=1S/C22H32N3O6PS/c1-6-28-32(27,29-7-2)19(30-21(33)25-14-13-23-16-25)18(15-17-11-9-8-10-12-17)24-20(26)31-22(3,4)5/h8-14,16,18-19H,6-7,15H2,1-5H3,(H,24,26)/t18-,19-/m0/s1. The molecule has 2 aromatic rings. The quantitative estimate of drug-likeness (QED) is 0.370. The molecular weight excluding hydrogens is 465 g/mol. The highest BCUT2D eigenvalue weighted by molar-refractivity contribution is 7.80. The third-order valence-electron chi connectivity index (χ3n) is 4.21. The summed E-state index contributed by atoms with van der Waals surface area (Å²) < 4.78 is 37.9. The Hall–Kier alpha value is -2.26.